The van der Waals surface area contributed by atoms with Crippen molar-refractivity contribution < 1.29 is 24.8 Å². The molecule has 0 aromatic rings. The fourth-order valence-corrected chi connectivity index (χ4v) is 10.3. The lowest BCUT2D eigenvalue weighted by molar-refractivity contribution is -0.275. The van der Waals surface area contributed by atoms with Crippen LogP contribution in [-0.2, 0) is 9.47 Å². The summed E-state index contributed by atoms with van der Waals surface area (Å²) in [6, 6.07) is 0. The third kappa shape index (κ3) is 2.75. The summed E-state index contributed by atoms with van der Waals surface area (Å²) in [7, 11) is 0. The predicted octanol–water partition coefficient (Wildman–Crippen LogP) is 3.74. The lowest BCUT2D eigenvalue weighted by Crippen LogP contribution is -2.64. The van der Waals surface area contributed by atoms with Gasteiger partial charge in [-0.05, 0) is 91.3 Å². The molecule has 5 nitrogen and oxygen atoms in total. The molecule has 32 heavy (non-hydrogen) atoms. The van der Waals surface area contributed by atoms with Crippen molar-refractivity contribution >= 4 is 0 Å². The van der Waals surface area contributed by atoms with Crippen LogP contribution in [-0.4, -0.2) is 52.1 Å². The molecule has 14 atom stereocenters. The smallest absolute Gasteiger partial charge is 0.171 e. The van der Waals surface area contributed by atoms with Crippen LogP contribution in [0.4, 0.5) is 0 Å². The Morgan fingerprint density at radius 1 is 0.781 bits per heavy atom. The largest absolute Gasteiger partial charge is 0.393 e. The number of rotatable bonds is 0. The quantitative estimate of drug-likeness (QED) is 0.526. The van der Waals surface area contributed by atoms with Crippen molar-refractivity contribution in [1.29, 1.82) is 0 Å². The molecule has 4 aliphatic carbocycles. The molecular weight excluding hydrogens is 404 g/mol. The van der Waals surface area contributed by atoms with Gasteiger partial charge >= 0.3 is 0 Å². The van der Waals surface area contributed by atoms with Crippen LogP contribution < -0.4 is 0 Å². The van der Waals surface area contributed by atoms with E-state index in [-0.39, 0.29) is 34.9 Å². The third-order valence-corrected chi connectivity index (χ3v) is 12.0. The molecule has 6 rings (SSSR count). The van der Waals surface area contributed by atoms with Gasteiger partial charge < -0.3 is 24.8 Å². The van der Waals surface area contributed by atoms with E-state index in [1.54, 1.807) is 0 Å². The number of aliphatic hydroxyl groups excluding tert-OH is 3. The molecule has 2 heterocycles. The highest BCUT2D eigenvalue weighted by molar-refractivity contribution is 5.18. The molecule has 3 N–H and O–H groups in total. The van der Waals surface area contributed by atoms with Gasteiger partial charge in [-0.15, -0.1) is 0 Å². The summed E-state index contributed by atoms with van der Waals surface area (Å²) < 4.78 is 13.2. The molecule has 2 saturated heterocycles. The lowest BCUT2D eigenvalue weighted by Gasteiger charge is -2.63. The number of aliphatic hydroxyl groups is 3. The predicted molar refractivity (Wildman–Crippen MR) is 121 cm³/mol. The second kappa shape index (κ2) is 7.16. The van der Waals surface area contributed by atoms with Crippen LogP contribution in [0.1, 0.15) is 79.1 Å². The molecule has 5 heteroatoms. The lowest BCUT2D eigenvalue weighted by atomic mass is 9.43. The van der Waals surface area contributed by atoms with E-state index in [4.69, 9.17) is 9.47 Å². The minimum Gasteiger partial charge on any atom is -0.393 e. The molecule has 0 aromatic heterocycles. The zero-order valence-corrected chi connectivity index (χ0v) is 20.4. The normalized spacial score (nSPS) is 64.0. The molecule has 0 amide bonds. The first-order valence-electron chi connectivity index (χ1n) is 13.5. The Balaban J connectivity index is 1.31. The Labute approximate surface area is 193 Å². The summed E-state index contributed by atoms with van der Waals surface area (Å²) >= 11 is 0. The van der Waals surface area contributed by atoms with Crippen molar-refractivity contribution in [2.75, 3.05) is 6.61 Å². The molecule has 6 fully saturated rings. The molecular formula is C27H44O5. The topological polar surface area (TPSA) is 79.2 Å². The average molecular weight is 449 g/mol. The van der Waals surface area contributed by atoms with Gasteiger partial charge in [-0.3, -0.25) is 0 Å². The van der Waals surface area contributed by atoms with Gasteiger partial charge in [-0.25, -0.2) is 0 Å². The Kier molecular flexibility index (Phi) is 4.99. The summed E-state index contributed by atoms with van der Waals surface area (Å²) in [5.41, 5.74) is 0.136. The average Bonchev–Trinajstić information content (AvgIpc) is 3.20. The molecule has 0 bridgehead atoms. The van der Waals surface area contributed by atoms with Crippen molar-refractivity contribution in [2.45, 2.75) is 109 Å². The van der Waals surface area contributed by atoms with Gasteiger partial charge in [0.1, 0.15) is 0 Å². The van der Waals surface area contributed by atoms with Crippen molar-refractivity contribution in [3.63, 3.8) is 0 Å². The van der Waals surface area contributed by atoms with Crippen molar-refractivity contribution in [3.05, 3.63) is 0 Å². The van der Waals surface area contributed by atoms with Crippen LogP contribution in [0.3, 0.4) is 0 Å². The summed E-state index contributed by atoms with van der Waals surface area (Å²) in [5, 5.41) is 33.1. The molecule has 2 unspecified atom stereocenters. The standard InChI is InChI=1S/C27H44O5/c1-14-5-10-27(31-13-14)15(2)22-20(32-27)12-18-21-17(7-9-26(18,22)4)25(3)8-6-16(28)11-19(25)23(29)24(21)30/h14-24,28-30H,5-13H2,1-4H3/t14?,15-,16-,17-,18-,19+,20-,21?,22-,23+,24+,25+,26-,27+/m0/s1. The molecule has 182 valence electrons. The summed E-state index contributed by atoms with van der Waals surface area (Å²) in [6.45, 7) is 10.2. The molecule has 6 aliphatic rings. The van der Waals surface area contributed by atoms with Crippen LogP contribution >= 0.6 is 0 Å². The number of fused-ring (bicyclic) bond motifs is 7. The van der Waals surface area contributed by atoms with E-state index in [0.717, 1.165) is 38.7 Å². The van der Waals surface area contributed by atoms with Gasteiger partial charge in [0.25, 0.3) is 0 Å². The van der Waals surface area contributed by atoms with Crippen LogP contribution in [0.25, 0.3) is 0 Å². The monoisotopic (exact) mass is 448 g/mol. The van der Waals surface area contributed by atoms with Crippen LogP contribution in [0.5, 0.6) is 0 Å². The maximum atomic E-state index is 11.5. The van der Waals surface area contributed by atoms with E-state index in [1.807, 2.05) is 0 Å². The number of ether oxygens (including phenoxy) is 2. The van der Waals surface area contributed by atoms with E-state index in [0.29, 0.717) is 36.0 Å². The highest BCUT2D eigenvalue weighted by Crippen LogP contribution is 2.71. The maximum Gasteiger partial charge on any atom is 0.171 e. The van der Waals surface area contributed by atoms with Crippen molar-refractivity contribution in [1.82, 2.24) is 0 Å². The number of hydrogen-bond acceptors (Lipinski definition) is 5. The maximum absolute atomic E-state index is 11.5. The zero-order chi connectivity index (χ0) is 22.6. The second-order valence-electron chi connectivity index (χ2n) is 13.3. The highest BCUT2D eigenvalue weighted by atomic mass is 16.7. The van der Waals surface area contributed by atoms with Crippen molar-refractivity contribution in [3.8, 4) is 0 Å². The Bertz CT molecular complexity index is 748. The van der Waals surface area contributed by atoms with Gasteiger partial charge in [-0.2, -0.15) is 0 Å². The van der Waals surface area contributed by atoms with Gasteiger partial charge in [0.2, 0.25) is 0 Å². The van der Waals surface area contributed by atoms with Crippen LogP contribution in [0.2, 0.25) is 0 Å². The van der Waals surface area contributed by atoms with E-state index >= 15 is 0 Å². The summed E-state index contributed by atoms with van der Waals surface area (Å²) in [6.07, 6.45) is 6.31. The highest BCUT2D eigenvalue weighted by Gasteiger charge is 2.71. The Morgan fingerprint density at radius 2 is 1.53 bits per heavy atom. The van der Waals surface area contributed by atoms with Gasteiger partial charge in [-0.1, -0.05) is 27.7 Å². The van der Waals surface area contributed by atoms with E-state index in [2.05, 4.69) is 27.7 Å². The van der Waals surface area contributed by atoms with Crippen LogP contribution in [0, 0.1) is 52.3 Å². The first-order valence-corrected chi connectivity index (χ1v) is 13.5. The van der Waals surface area contributed by atoms with E-state index < -0.39 is 18.0 Å². The van der Waals surface area contributed by atoms with E-state index in [9.17, 15) is 15.3 Å². The van der Waals surface area contributed by atoms with Gasteiger partial charge in [0.05, 0.1) is 31.0 Å². The van der Waals surface area contributed by atoms with Crippen molar-refractivity contribution in [2.24, 2.45) is 52.3 Å². The SMILES string of the molecule is CC1CC[C@@]2(OC1)O[C@H]1C[C@H]3C4[C@@H](O)[C@H](O)[C@H]5C[C@@H](O)CC[C@]5(C)[C@H]4CC[C@]3(C)[C@H]1[C@@H]2C. The Hall–Kier alpha value is -0.200. The fraction of sp³-hybridized carbons (Fsp3) is 1.00. The first-order chi connectivity index (χ1) is 15.1. The van der Waals surface area contributed by atoms with Gasteiger partial charge in [0.15, 0.2) is 5.79 Å². The molecule has 0 aromatic carbocycles. The minimum atomic E-state index is -0.730. The summed E-state index contributed by atoms with van der Waals surface area (Å²) in [5.74, 6) is 1.97. The minimum absolute atomic E-state index is 0.00355. The zero-order valence-electron chi connectivity index (χ0n) is 20.4. The molecule has 2 aliphatic heterocycles. The summed E-state index contributed by atoms with van der Waals surface area (Å²) in [4.78, 5) is 0. The number of hydrogen-bond donors (Lipinski definition) is 3. The molecule has 1 spiro atoms. The van der Waals surface area contributed by atoms with E-state index in [1.165, 1.54) is 12.8 Å². The molecule has 0 radical (unpaired) electrons. The Morgan fingerprint density at radius 3 is 2.25 bits per heavy atom. The third-order valence-electron chi connectivity index (χ3n) is 12.0. The first kappa shape index (κ1) is 22.3. The van der Waals surface area contributed by atoms with Crippen LogP contribution in [0.15, 0.2) is 0 Å². The second-order valence-corrected chi connectivity index (χ2v) is 13.3. The molecule has 4 saturated carbocycles. The van der Waals surface area contributed by atoms with Gasteiger partial charge in [0, 0.05) is 12.3 Å². The fourth-order valence-electron chi connectivity index (χ4n) is 10.3.